The van der Waals surface area contributed by atoms with E-state index in [0.717, 1.165) is 22.3 Å². The van der Waals surface area contributed by atoms with Gasteiger partial charge in [-0.05, 0) is 38.0 Å². The maximum Gasteiger partial charge on any atom is 0.228 e. The maximum atomic E-state index is 5.61. The molecule has 10 nitrogen and oxygen atoms in total. The van der Waals surface area contributed by atoms with Crippen LogP contribution in [0.2, 0.25) is 0 Å². The Morgan fingerprint density at radius 1 is 0.811 bits per heavy atom. The van der Waals surface area contributed by atoms with Crippen molar-refractivity contribution in [1.82, 2.24) is 15.0 Å². The number of anilines is 2. The van der Waals surface area contributed by atoms with Crippen molar-refractivity contribution in [3.63, 3.8) is 0 Å². The molecule has 3 rings (SSSR count). The number of hydrogen-bond acceptors (Lipinski definition) is 10. The predicted molar refractivity (Wildman–Crippen MR) is 146 cm³/mol. The molecular weight excluding hydrogens is 472 g/mol. The van der Waals surface area contributed by atoms with Gasteiger partial charge in [-0.15, -0.1) is 0 Å². The Labute approximate surface area is 218 Å². The second kappa shape index (κ2) is 14.3. The van der Waals surface area contributed by atoms with Crippen molar-refractivity contribution in [2.75, 3.05) is 64.4 Å². The van der Waals surface area contributed by atoms with Gasteiger partial charge in [-0.2, -0.15) is 15.0 Å². The fourth-order valence-corrected chi connectivity index (χ4v) is 4.09. The summed E-state index contributed by atoms with van der Waals surface area (Å²) in [6.45, 7) is 9.74. The highest BCUT2D eigenvalue weighted by Crippen LogP contribution is 2.31. The van der Waals surface area contributed by atoms with Gasteiger partial charge in [-0.1, -0.05) is 29.8 Å². The smallest absolute Gasteiger partial charge is 0.228 e. The zero-order valence-electron chi connectivity index (χ0n) is 22.4. The monoisotopic (exact) mass is 510 g/mol. The van der Waals surface area contributed by atoms with E-state index in [2.05, 4.69) is 48.5 Å². The quantitative estimate of drug-likeness (QED) is 0.262. The zero-order chi connectivity index (χ0) is 26.6. The fourth-order valence-electron chi connectivity index (χ4n) is 4.09. The van der Waals surface area contributed by atoms with Crippen LogP contribution in [0.4, 0.5) is 11.9 Å². The van der Waals surface area contributed by atoms with Crippen LogP contribution in [-0.4, -0.2) is 68.7 Å². The van der Waals surface area contributed by atoms with Gasteiger partial charge < -0.3 is 35.3 Å². The molecule has 0 fully saturated rings. The van der Waals surface area contributed by atoms with E-state index in [9.17, 15) is 0 Å². The molecule has 0 unspecified atom stereocenters. The van der Waals surface area contributed by atoms with Gasteiger partial charge in [-0.3, -0.25) is 0 Å². The Morgan fingerprint density at radius 3 is 2.14 bits per heavy atom. The lowest BCUT2D eigenvalue weighted by Crippen LogP contribution is -2.17. The highest BCUT2D eigenvalue weighted by atomic mass is 16.5. The molecule has 1 heterocycles. The van der Waals surface area contributed by atoms with Crippen molar-refractivity contribution >= 4 is 11.9 Å². The van der Waals surface area contributed by atoms with Crippen molar-refractivity contribution in [1.29, 1.82) is 0 Å². The van der Waals surface area contributed by atoms with E-state index >= 15 is 0 Å². The van der Waals surface area contributed by atoms with Crippen LogP contribution in [0.5, 0.6) is 11.5 Å². The minimum atomic E-state index is 0.445. The number of nitrogens with one attached hydrogen (secondary N) is 2. The van der Waals surface area contributed by atoms with Crippen molar-refractivity contribution < 1.29 is 18.9 Å². The Bertz CT molecular complexity index is 1130. The van der Waals surface area contributed by atoms with E-state index in [1.54, 1.807) is 14.2 Å². The number of aromatic nitrogens is 3. The molecule has 3 aromatic rings. The summed E-state index contributed by atoms with van der Waals surface area (Å²) >= 11 is 0. The fraction of sp³-hybridized carbons (Fsp3) is 0.444. The minimum absolute atomic E-state index is 0.445. The highest BCUT2D eigenvalue weighted by molar-refractivity contribution is 5.67. The molecule has 1 aromatic heterocycles. The second-order valence-corrected chi connectivity index (χ2v) is 8.53. The third kappa shape index (κ3) is 8.01. The Hall–Kier alpha value is -3.47. The molecular formula is C27H38N6O4. The van der Waals surface area contributed by atoms with E-state index in [0.29, 0.717) is 75.3 Å². The number of rotatable bonds is 15. The molecule has 0 saturated heterocycles. The number of nitrogens with zero attached hydrogens (tertiary/aromatic N) is 3. The Kier molecular flexibility index (Phi) is 10.9. The molecule has 0 saturated carbocycles. The number of hydrogen-bond donors (Lipinski definition) is 3. The van der Waals surface area contributed by atoms with Gasteiger partial charge in [0.2, 0.25) is 11.9 Å². The van der Waals surface area contributed by atoms with Gasteiger partial charge >= 0.3 is 0 Å². The molecule has 200 valence electrons. The van der Waals surface area contributed by atoms with Crippen LogP contribution in [0.1, 0.15) is 22.3 Å². The average molecular weight is 511 g/mol. The molecule has 0 spiro atoms. The second-order valence-electron chi connectivity index (χ2n) is 8.53. The molecule has 0 aliphatic rings. The minimum Gasteiger partial charge on any atom is -0.493 e. The first kappa shape index (κ1) is 28.1. The van der Waals surface area contributed by atoms with Crippen molar-refractivity contribution in [2.45, 2.75) is 27.3 Å². The summed E-state index contributed by atoms with van der Waals surface area (Å²) in [7, 11) is 3.24. The predicted octanol–water partition coefficient (Wildman–Crippen LogP) is 3.50. The molecule has 4 N–H and O–H groups in total. The maximum absolute atomic E-state index is 5.61. The lowest BCUT2D eigenvalue weighted by molar-refractivity contribution is 0.0547. The van der Waals surface area contributed by atoms with E-state index < -0.39 is 0 Å². The van der Waals surface area contributed by atoms with Gasteiger partial charge in [0.25, 0.3) is 0 Å². The summed E-state index contributed by atoms with van der Waals surface area (Å²) in [6, 6.07) is 10.0. The molecule has 0 radical (unpaired) electrons. The standard InChI is InChI=1S/C27H38N6O4/c1-18-15-19(2)23(20(3)16-18)25-31-26(29-10-12-37-14-13-36-11-9-28)33-27(32-25)30-17-21-7-6-8-22(34-4)24(21)35-5/h6-8,15-16H,9-14,17,28H2,1-5H3,(H2,29,30,31,32,33). The highest BCUT2D eigenvalue weighted by Gasteiger charge is 2.15. The molecule has 0 amide bonds. The lowest BCUT2D eigenvalue weighted by atomic mass is 9.99. The number of para-hydroxylation sites is 1. The number of benzene rings is 2. The average Bonchev–Trinajstić information content (AvgIpc) is 2.88. The molecule has 2 aromatic carbocycles. The van der Waals surface area contributed by atoms with Crippen molar-refractivity contribution in [3.8, 4) is 22.9 Å². The summed E-state index contributed by atoms with van der Waals surface area (Å²) < 4.78 is 21.9. The SMILES string of the molecule is COc1cccc(CNc2nc(NCCOCCOCCN)nc(-c3c(C)cc(C)cc3C)n2)c1OC. The number of ether oxygens (including phenoxy) is 4. The number of methoxy groups -OCH3 is 2. The zero-order valence-corrected chi connectivity index (χ0v) is 22.4. The van der Waals surface area contributed by atoms with Crippen LogP contribution in [0.25, 0.3) is 11.4 Å². The normalized spacial score (nSPS) is 10.9. The summed E-state index contributed by atoms with van der Waals surface area (Å²) in [5.74, 6) is 2.85. The van der Waals surface area contributed by atoms with Gasteiger partial charge in [0.05, 0.1) is 40.6 Å². The largest absolute Gasteiger partial charge is 0.493 e. The van der Waals surface area contributed by atoms with Gasteiger partial charge in [-0.25, -0.2) is 0 Å². The van der Waals surface area contributed by atoms with E-state index in [-0.39, 0.29) is 0 Å². The van der Waals surface area contributed by atoms with Gasteiger partial charge in [0, 0.05) is 30.8 Å². The van der Waals surface area contributed by atoms with E-state index in [4.69, 9.17) is 34.6 Å². The van der Waals surface area contributed by atoms with Crippen molar-refractivity contribution in [2.24, 2.45) is 5.73 Å². The van der Waals surface area contributed by atoms with E-state index in [1.165, 1.54) is 5.56 Å². The third-order valence-electron chi connectivity index (χ3n) is 5.62. The molecule has 10 heteroatoms. The number of aryl methyl sites for hydroxylation is 3. The van der Waals surface area contributed by atoms with Crippen molar-refractivity contribution in [3.05, 3.63) is 52.6 Å². The topological polar surface area (TPSA) is 126 Å². The summed E-state index contributed by atoms with van der Waals surface area (Å²) in [5.41, 5.74) is 10.7. The Morgan fingerprint density at radius 2 is 1.49 bits per heavy atom. The van der Waals surface area contributed by atoms with Crippen LogP contribution in [0.3, 0.4) is 0 Å². The third-order valence-corrected chi connectivity index (χ3v) is 5.62. The molecule has 0 bridgehead atoms. The molecule has 37 heavy (non-hydrogen) atoms. The molecule has 0 aliphatic heterocycles. The summed E-state index contributed by atoms with van der Waals surface area (Å²) in [6.07, 6.45) is 0. The molecule has 0 aliphatic carbocycles. The van der Waals surface area contributed by atoms with Crippen LogP contribution in [-0.2, 0) is 16.0 Å². The van der Waals surface area contributed by atoms with Crippen LogP contribution < -0.4 is 25.8 Å². The van der Waals surface area contributed by atoms with Gasteiger partial charge in [0.15, 0.2) is 17.3 Å². The van der Waals surface area contributed by atoms with Crippen LogP contribution in [0.15, 0.2) is 30.3 Å². The summed E-state index contributed by atoms with van der Waals surface area (Å²) in [4.78, 5) is 14.1. The first-order valence-corrected chi connectivity index (χ1v) is 12.3. The molecule has 0 atom stereocenters. The van der Waals surface area contributed by atoms with Crippen LogP contribution in [0, 0.1) is 20.8 Å². The Balaban J connectivity index is 1.79. The number of nitrogens with two attached hydrogens (primary N) is 1. The van der Waals surface area contributed by atoms with Gasteiger partial charge in [0.1, 0.15) is 0 Å². The summed E-state index contributed by atoms with van der Waals surface area (Å²) in [5, 5.41) is 6.58. The first-order valence-electron chi connectivity index (χ1n) is 12.3. The van der Waals surface area contributed by atoms with E-state index in [1.807, 2.05) is 18.2 Å². The lowest BCUT2D eigenvalue weighted by Gasteiger charge is -2.15. The van der Waals surface area contributed by atoms with Crippen LogP contribution >= 0.6 is 0 Å². The first-order chi connectivity index (χ1) is 18.0.